The average molecular weight is 503 g/mol. The van der Waals surface area contributed by atoms with E-state index in [-0.39, 0.29) is 12.5 Å². The highest BCUT2D eigenvalue weighted by Crippen LogP contribution is 2.25. The Kier molecular flexibility index (Phi) is 6.61. The van der Waals surface area contributed by atoms with E-state index in [9.17, 15) is 9.59 Å². The summed E-state index contributed by atoms with van der Waals surface area (Å²) in [5.41, 5.74) is 7.36. The number of hydrazine groups is 1. The van der Waals surface area contributed by atoms with E-state index >= 15 is 0 Å². The first kappa shape index (κ1) is 18.7. The first-order chi connectivity index (χ1) is 11.4. The van der Waals surface area contributed by atoms with Crippen LogP contribution in [0.3, 0.4) is 0 Å². The molecule has 0 aliphatic carbocycles. The van der Waals surface area contributed by atoms with E-state index in [0.717, 1.165) is 19.2 Å². The van der Waals surface area contributed by atoms with Gasteiger partial charge in [0.05, 0.1) is 4.47 Å². The molecule has 2 aromatic carbocycles. The van der Waals surface area contributed by atoms with Crippen molar-refractivity contribution >= 4 is 50.3 Å². The molecule has 0 spiro atoms. The monoisotopic (exact) mass is 502 g/mol. The predicted octanol–water partition coefficient (Wildman–Crippen LogP) is 3.51. The molecule has 126 valence electrons. The summed E-state index contributed by atoms with van der Waals surface area (Å²) in [5.74, 6) is -0.259. The van der Waals surface area contributed by atoms with Crippen molar-refractivity contribution in [1.29, 1.82) is 0 Å². The molecule has 0 unspecified atom stereocenters. The summed E-state index contributed by atoms with van der Waals surface area (Å²) >= 11 is 5.53. The first-order valence-corrected chi connectivity index (χ1v) is 8.98. The Hall–Kier alpha value is -1.61. The molecule has 0 aliphatic heterocycles. The molecule has 0 aromatic heterocycles. The number of hydrogen-bond donors (Lipinski definition) is 2. The number of benzene rings is 2. The smallest absolute Gasteiger partial charge is 0.276 e. The van der Waals surface area contributed by atoms with Crippen LogP contribution >= 0.6 is 38.5 Å². The molecule has 0 saturated heterocycles. The summed E-state index contributed by atoms with van der Waals surface area (Å²) in [6, 6.07) is 10.9. The van der Waals surface area contributed by atoms with Crippen LogP contribution in [0, 0.1) is 17.4 Å². The number of carbonyl (C=O) groups excluding carboxylic acids is 2. The number of ether oxygens (including phenoxy) is 1. The molecule has 2 amide bonds. The normalized spacial score (nSPS) is 10.2. The fraction of sp³-hybridized carbons (Fsp3) is 0.176. The zero-order chi connectivity index (χ0) is 17.7. The number of halogens is 2. The maximum absolute atomic E-state index is 12.0. The summed E-state index contributed by atoms with van der Waals surface area (Å²) in [6.45, 7) is 3.72. The van der Waals surface area contributed by atoms with Crippen LogP contribution in [0.1, 0.15) is 21.5 Å². The molecule has 7 heteroatoms. The fourth-order valence-corrected chi connectivity index (χ4v) is 2.96. The fourth-order valence-electron chi connectivity index (χ4n) is 1.84. The minimum Gasteiger partial charge on any atom is -0.483 e. The highest BCUT2D eigenvalue weighted by Gasteiger charge is 2.10. The van der Waals surface area contributed by atoms with Crippen molar-refractivity contribution in [3.63, 3.8) is 0 Å². The molecule has 2 N–H and O–H groups in total. The molecule has 2 aromatic rings. The lowest BCUT2D eigenvalue weighted by Crippen LogP contribution is -2.43. The highest BCUT2D eigenvalue weighted by molar-refractivity contribution is 14.1. The van der Waals surface area contributed by atoms with Crippen LogP contribution in [0.2, 0.25) is 0 Å². The number of carbonyl (C=O) groups is 2. The van der Waals surface area contributed by atoms with Crippen molar-refractivity contribution in [2.24, 2.45) is 0 Å². The van der Waals surface area contributed by atoms with Crippen molar-refractivity contribution in [3.8, 4) is 5.75 Å². The van der Waals surface area contributed by atoms with E-state index in [1.165, 1.54) is 0 Å². The second-order valence-electron chi connectivity index (χ2n) is 5.19. The van der Waals surface area contributed by atoms with Crippen LogP contribution in [-0.2, 0) is 4.79 Å². The van der Waals surface area contributed by atoms with Gasteiger partial charge in [0.25, 0.3) is 11.8 Å². The molecule has 2 rings (SSSR count). The molecular formula is C17H16BrIN2O3. The molecule has 0 fully saturated rings. The largest absolute Gasteiger partial charge is 0.483 e. The number of amides is 2. The van der Waals surface area contributed by atoms with Gasteiger partial charge in [-0.25, -0.2) is 0 Å². The Bertz CT molecular complexity index is 780. The molecular weight excluding hydrogens is 487 g/mol. The third-order valence-electron chi connectivity index (χ3n) is 3.20. The van der Waals surface area contributed by atoms with Crippen molar-refractivity contribution in [2.75, 3.05) is 6.61 Å². The molecule has 0 bridgehead atoms. The number of hydrogen-bond acceptors (Lipinski definition) is 3. The standard InChI is InChI=1S/C17H16BrIN2O3/c1-10-3-6-15(13(18)7-10)24-9-16(22)20-21-17(23)12-5-4-11(2)14(19)8-12/h3-8H,9H2,1-2H3,(H,20,22)(H,21,23). The minimum absolute atomic E-state index is 0.201. The minimum atomic E-state index is -0.447. The van der Waals surface area contributed by atoms with Gasteiger partial charge in [-0.3, -0.25) is 20.4 Å². The Morgan fingerprint density at radius 2 is 1.88 bits per heavy atom. The van der Waals surface area contributed by atoms with Gasteiger partial charge in [0.1, 0.15) is 5.75 Å². The summed E-state index contributed by atoms with van der Waals surface area (Å²) in [6.07, 6.45) is 0. The zero-order valence-electron chi connectivity index (χ0n) is 13.2. The molecule has 24 heavy (non-hydrogen) atoms. The molecule has 0 radical (unpaired) electrons. The van der Waals surface area contributed by atoms with E-state index < -0.39 is 5.91 Å². The third kappa shape index (κ3) is 5.20. The average Bonchev–Trinajstić information content (AvgIpc) is 2.54. The highest BCUT2D eigenvalue weighted by atomic mass is 127. The Balaban J connectivity index is 1.84. The van der Waals surface area contributed by atoms with Gasteiger partial charge in [0.2, 0.25) is 0 Å². The lowest BCUT2D eigenvalue weighted by atomic mass is 10.1. The second-order valence-corrected chi connectivity index (χ2v) is 7.21. The first-order valence-electron chi connectivity index (χ1n) is 7.11. The van der Waals surface area contributed by atoms with Gasteiger partial charge < -0.3 is 4.74 Å². The van der Waals surface area contributed by atoms with Crippen LogP contribution in [0.15, 0.2) is 40.9 Å². The van der Waals surface area contributed by atoms with E-state index in [0.29, 0.717) is 11.3 Å². The summed E-state index contributed by atoms with van der Waals surface area (Å²) in [7, 11) is 0. The van der Waals surface area contributed by atoms with Crippen LogP contribution in [0.5, 0.6) is 5.75 Å². The number of rotatable bonds is 4. The van der Waals surface area contributed by atoms with Crippen LogP contribution < -0.4 is 15.6 Å². The van der Waals surface area contributed by atoms with Crippen molar-refractivity contribution in [3.05, 3.63) is 61.1 Å². The van der Waals surface area contributed by atoms with Crippen LogP contribution in [-0.4, -0.2) is 18.4 Å². The molecule has 0 atom stereocenters. The maximum Gasteiger partial charge on any atom is 0.276 e. The number of nitrogens with one attached hydrogen (secondary N) is 2. The van der Waals surface area contributed by atoms with Gasteiger partial charge in [-0.05, 0) is 87.8 Å². The summed E-state index contributed by atoms with van der Waals surface area (Å²) in [5, 5.41) is 0. The van der Waals surface area contributed by atoms with Gasteiger partial charge in [0.15, 0.2) is 6.61 Å². The Morgan fingerprint density at radius 1 is 1.12 bits per heavy atom. The van der Waals surface area contributed by atoms with Gasteiger partial charge in [-0.15, -0.1) is 0 Å². The van der Waals surface area contributed by atoms with Gasteiger partial charge in [0, 0.05) is 9.13 Å². The topological polar surface area (TPSA) is 67.4 Å². The van der Waals surface area contributed by atoms with E-state index in [1.54, 1.807) is 18.2 Å². The summed E-state index contributed by atoms with van der Waals surface area (Å²) < 4.78 is 7.17. The number of aryl methyl sites for hydroxylation is 2. The van der Waals surface area contributed by atoms with E-state index in [4.69, 9.17) is 4.74 Å². The Morgan fingerprint density at radius 3 is 2.54 bits per heavy atom. The summed E-state index contributed by atoms with van der Waals surface area (Å²) in [4.78, 5) is 23.8. The van der Waals surface area contributed by atoms with Crippen LogP contribution in [0.25, 0.3) is 0 Å². The van der Waals surface area contributed by atoms with E-state index in [2.05, 4.69) is 49.4 Å². The van der Waals surface area contributed by atoms with Gasteiger partial charge in [-0.1, -0.05) is 12.1 Å². The quantitative estimate of drug-likeness (QED) is 0.496. The molecule has 0 aliphatic rings. The lowest BCUT2D eigenvalue weighted by Gasteiger charge is -2.10. The maximum atomic E-state index is 12.0. The third-order valence-corrected chi connectivity index (χ3v) is 4.98. The lowest BCUT2D eigenvalue weighted by molar-refractivity contribution is -0.123. The van der Waals surface area contributed by atoms with Gasteiger partial charge >= 0.3 is 0 Å². The zero-order valence-corrected chi connectivity index (χ0v) is 16.9. The molecule has 5 nitrogen and oxygen atoms in total. The van der Waals surface area contributed by atoms with Gasteiger partial charge in [-0.2, -0.15) is 0 Å². The Labute approximate surface area is 162 Å². The van der Waals surface area contributed by atoms with Crippen molar-refractivity contribution in [1.82, 2.24) is 10.9 Å². The van der Waals surface area contributed by atoms with Crippen molar-refractivity contribution < 1.29 is 14.3 Å². The van der Waals surface area contributed by atoms with Crippen LogP contribution in [0.4, 0.5) is 0 Å². The molecule has 0 heterocycles. The van der Waals surface area contributed by atoms with E-state index in [1.807, 2.05) is 32.0 Å². The van der Waals surface area contributed by atoms with Crippen molar-refractivity contribution in [2.45, 2.75) is 13.8 Å². The molecule has 0 saturated carbocycles. The predicted molar refractivity (Wildman–Crippen MR) is 104 cm³/mol. The second kappa shape index (κ2) is 8.48. The SMILES string of the molecule is Cc1ccc(OCC(=O)NNC(=O)c2ccc(C)c(I)c2)c(Br)c1.